The Morgan fingerprint density at radius 2 is 1.12 bits per heavy atom. The first-order valence-electron chi connectivity index (χ1n) is 7.17. The van der Waals surface area contributed by atoms with Crippen LogP contribution in [0.2, 0.25) is 0 Å². The van der Waals surface area contributed by atoms with Gasteiger partial charge >= 0.3 is 0 Å². The molecule has 0 heterocycles. The molecule has 0 rings (SSSR count). The first kappa shape index (κ1) is 16.0. The van der Waals surface area contributed by atoms with E-state index in [0.717, 1.165) is 6.42 Å². The second-order valence-electron chi connectivity index (χ2n) is 4.69. The first-order valence-corrected chi connectivity index (χ1v) is 7.60. The minimum absolute atomic E-state index is 1.15. The van der Waals surface area contributed by atoms with Gasteiger partial charge in [-0.05, 0) is 12.8 Å². The van der Waals surface area contributed by atoms with E-state index in [0.29, 0.717) is 0 Å². The van der Waals surface area contributed by atoms with E-state index < -0.39 is 0 Å². The highest BCUT2D eigenvalue weighted by atomic mass is 35.5. The summed E-state index contributed by atoms with van der Waals surface area (Å²) in [5, 5.41) is 0. The molecular weight excluding hydrogens is 216 g/mol. The summed E-state index contributed by atoms with van der Waals surface area (Å²) >= 11 is 5.45. The van der Waals surface area contributed by atoms with E-state index in [4.69, 9.17) is 11.6 Å². The summed E-state index contributed by atoms with van der Waals surface area (Å²) < 4.78 is 0. The normalized spacial score (nSPS) is 11.4. The Balaban J connectivity index is 2.88. The Kier molecular flexibility index (Phi) is 15.1. The Bertz CT molecular complexity index is 140. The molecule has 0 saturated heterocycles. The fourth-order valence-corrected chi connectivity index (χ4v) is 2.12. The van der Waals surface area contributed by atoms with Gasteiger partial charge < -0.3 is 0 Å². The zero-order chi connectivity index (χ0) is 11.9. The molecule has 96 valence electrons. The minimum Gasteiger partial charge on any atom is -0.0933 e. The van der Waals surface area contributed by atoms with Crippen molar-refractivity contribution in [2.24, 2.45) is 0 Å². The van der Waals surface area contributed by atoms with Crippen molar-refractivity contribution >= 4 is 11.6 Å². The third-order valence-corrected chi connectivity index (χ3v) is 3.24. The lowest BCUT2D eigenvalue weighted by atomic mass is 10.1. The van der Waals surface area contributed by atoms with Gasteiger partial charge in [0.25, 0.3) is 0 Å². The van der Waals surface area contributed by atoms with Gasteiger partial charge in [0.15, 0.2) is 0 Å². The first-order chi connectivity index (χ1) is 7.91. The van der Waals surface area contributed by atoms with Gasteiger partial charge in [-0.15, -0.1) is 0 Å². The summed E-state index contributed by atoms with van der Waals surface area (Å²) in [5.41, 5.74) is 1.64. The van der Waals surface area contributed by atoms with Gasteiger partial charge in [-0.2, -0.15) is 0 Å². The summed E-state index contributed by atoms with van der Waals surface area (Å²) in [6.07, 6.45) is 18.7. The predicted octanol–water partition coefficient (Wildman–Crippen LogP) is 6.44. The van der Waals surface area contributed by atoms with Crippen LogP contribution in [0.15, 0.2) is 11.6 Å². The topological polar surface area (TPSA) is 0 Å². The van der Waals surface area contributed by atoms with E-state index in [1.54, 1.807) is 5.54 Å². The maximum Gasteiger partial charge on any atom is 0.000245 e. The van der Waals surface area contributed by atoms with Crippen LogP contribution >= 0.6 is 11.6 Å². The molecule has 0 aromatic rings. The van der Waals surface area contributed by atoms with Gasteiger partial charge in [0.05, 0.1) is 0 Å². The van der Waals surface area contributed by atoms with E-state index >= 15 is 0 Å². The minimum atomic E-state index is 1.15. The zero-order valence-electron chi connectivity index (χ0n) is 11.0. The summed E-state index contributed by atoms with van der Waals surface area (Å²) in [5.74, 6) is 0. The van der Waals surface area contributed by atoms with Gasteiger partial charge in [0.2, 0.25) is 0 Å². The highest BCUT2D eigenvalue weighted by Gasteiger charge is 1.92. The molecule has 0 atom stereocenters. The highest BCUT2D eigenvalue weighted by molar-refractivity contribution is 6.25. The van der Waals surface area contributed by atoms with Crippen molar-refractivity contribution in [2.75, 3.05) is 0 Å². The van der Waals surface area contributed by atoms with Crippen LogP contribution in [0.4, 0.5) is 0 Å². The van der Waals surface area contributed by atoms with Crippen molar-refractivity contribution in [3.05, 3.63) is 11.6 Å². The molecule has 0 fully saturated rings. The van der Waals surface area contributed by atoms with Crippen LogP contribution in [-0.4, -0.2) is 0 Å². The molecule has 0 saturated carbocycles. The fraction of sp³-hybridized carbons (Fsp3) is 0.867. The summed E-state index contributed by atoms with van der Waals surface area (Å²) in [7, 11) is 0. The fourth-order valence-electron chi connectivity index (χ4n) is 1.99. The highest BCUT2D eigenvalue weighted by Crippen LogP contribution is 2.11. The molecule has 0 nitrogen and oxygen atoms in total. The molecule has 0 radical (unpaired) electrons. The average molecular weight is 245 g/mol. The average Bonchev–Trinajstić information content (AvgIpc) is 2.31. The standard InChI is InChI=1S/C15H29Cl/c1-2-3-4-5-6-7-8-9-10-11-12-13-14-15-16/h14-15H,2-13H2,1H3. The molecule has 0 N–H and O–H groups in total. The Morgan fingerprint density at radius 1 is 0.688 bits per heavy atom. The molecule has 0 bridgehead atoms. The Morgan fingerprint density at radius 3 is 1.56 bits per heavy atom. The second kappa shape index (κ2) is 15.0. The van der Waals surface area contributed by atoms with Crippen LogP contribution in [0.3, 0.4) is 0 Å². The lowest BCUT2D eigenvalue weighted by Crippen LogP contribution is -1.81. The number of rotatable bonds is 12. The summed E-state index contributed by atoms with van der Waals surface area (Å²) in [6, 6.07) is 0. The maximum absolute atomic E-state index is 5.45. The smallest absolute Gasteiger partial charge is 0.000245 e. The molecule has 0 aliphatic carbocycles. The van der Waals surface area contributed by atoms with Crippen molar-refractivity contribution < 1.29 is 0 Å². The third-order valence-electron chi connectivity index (χ3n) is 3.06. The van der Waals surface area contributed by atoms with E-state index in [-0.39, 0.29) is 0 Å². The van der Waals surface area contributed by atoms with Crippen LogP contribution in [0, 0.1) is 0 Å². The number of allylic oxidation sites excluding steroid dienone is 1. The number of halogens is 1. The van der Waals surface area contributed by atoms with E-state index in [9.17, 15) is 0 Å². The second-order valence-corrected chi connectivity index (χ2v) is 4.94. The van der Waals surface area contributed by atoms with E-state index in [2.05, 4.69) is 13.0 Å². The van der Waals surface area contributed by atoms with Gasteiger partial charge in [-0.25, -0.2) is 0 Å². The maximum atomic E-state index is 5.45. The molecule has 16 heavy (non-hydrogen) atoms. The molecule has 0 spiro atoms. The van der Waals surface area contributed by atoms with Crippen molar-refractivity contribution in [3.63, 3.8) is 0 Å². The largest absolute Gasteiger partial charge is 0.0933 e. The summed E-state index contributed by atoms with van der Waals surface area (Å²) in [6.45, 7) is 2.28. The third kappa shape index (κ3) is 14.0. The SMILES string of the molecule is CCCCCCCCCCCCCC=CCl. The molecule has 0 aromatic carbocycles. The Labute approximate surface area is 107 Å². The van der Waals surface area contributed by atoms with E-state index in [1.165, 1.54) is 70.6 Å². The molecule has 1 heteroatoms. The molecular formula is C15H29Cl. The molecule has 0 aliphatic rings. The van der Waals surface area contributed by atoms with Gasteiger partial charge in [0.1, 0.15) is 0 Å². The van der Waals surface area contributed by atoms with Crippen LogP contribution in [0.5, 0.6) is 0 Å². The van der Waals surface area contributed by atoms with Crippen LogP contribution in [-0.2, 0) is 0 Å². The monoisotopic (exact) mass is 244 g/mol. The van der Waals surface area contributed by atoms with Crippen LogP contribution < -0.4 is 0 Å². The number of hydrogen-bond acceptors (Lipinski definition) is 0. The molecule has 0 aliphatic heterocycles. The van der Waals surface area contributed by atoms with Gasteiger partial charge in [0, 0.05) is 5.54 Å². The van der Waals surface area contributed by atoms with Gasteiger partial charge in [-0.1, -0.05) is 88.8 Å². The van der Waals surface area contributed by atoms with E-state index in [1.807, 2.05) is 0 Å². The Hall–Kier alpha value is 0.0300. The van der Waals surface area contributed by atoms with Crippen LogP contribution in [0.25, 0.3) is 0 Å². The number of unbranched alkanes of at least 4 members (excludes halogenated alkanes) is 11. The summed E-state index contributed by atoms with van der Waals surface area (Å²) in [4.78, 5) is 0. The zero-order valence-corrected chi connectivity index (χ0v) is 11.8. The molecule has 0 unspecified atom stereocenters. The number of hydrogen-bond donors (Lipinski definition) is 0. The predicted molar refractivity (Wildman–Crippen MR) is 76.1 cm³/mol. The van der Waals surface area contributed by atoms with Crippen molar-refractivity contribution in [2.45, 2.75) is 84.0 Å². The van der Waals surface area contributed by atoms with Crippen molar-refractivity contribution in [3.8, 4) is 0 Å². The quantitative estimate of drug-likeness (QED) is 0.347. The molecule has 0 aromatic heterocycles. The van der Waals surface area contributed by atoms with Gasteiger partial charge in [-0.3, -0.25) is 0 Å². The van der Waals surface area contributed by atoms with Crippen molar-refractivity contribution in [1.29, 1.82) is 0 Å². The lowest BCUT2D eigenvalue weighted by molar-refractivity contribution is 0.550. The van der Waals surface area contributed by atoms with Crippen molar-refractivity contribution in [1.82, 2.24) is 0 Å². The van der Waals surface area contributed by atoms with Crippen LogP contribution in [0.1, 0.15) is 84.0 Å². The lowest BCUT2D eigenvalue weighted by Gasteiger charge is -2.01. The molecule has 0 amide bonds.